The van der Waals surface area contributed by atoms with Crippen molar-refractivity contribution in [2.75, 3.05) is 13.7 Å². The zero-order chi connectivity index (χ0) is 13.6. The number of hydrogen-bond acceptors (Lipinski definition) is 4. The fourth-order valence-electron chi connectivity index (χ4n) is 1.29. The van der Waals surface area contributed by atoms with Crippen molar-refractivity contribution < 1.29 is 14.3 Å². The van der Waals surface area contributed by atoms with Crippen molar-refractivity contribution in [3.05, 3.63) is 24.3 Å². The van der Waals surface area contributed by atoms with Crippen molar-refractivity contribution in [3.8, 4) is 17.6 Å². The largest absolute Gasteiger partial charge is 0.493 e. The van der Waals surface area contributed by atoms with Crippen LogP contribution in [0.3, 0.4) is 0 Å². The van der Waals surface area contributed by atoms with Gasteiger partial charge in [0.05, 0.1) is 13.2 Å². The number of hydrogen-bond donors (Lipinski definition) is 1. The number of methoxy groups -OCH3 is 1. The molecule has 5 heteroatoms. The Morgan fingerprint density at radius 2 is 2.00 bits per heavy atom. The monoisotopic (exact) mass is 248 g/mol. The van der Waals surface area contributed by atoms with Gasteiger partial charge < -0.3 is 14.8 Å². The van der Waals surface area contributed by atoms with Gasteiger partial charge in [0.2, 0.25) is 0 Å². The first-order valence-electron chi connectivity index (χ1n) is 5.46. The van der Waals surface area contributed by atoms with Gasteiger partial charge in [0.25, 0.3) is 5.91 Å². The van der Waals surface area contributed by atoms with E-state index in [0.29, 0.717) is 11.5 Å². The Bertz CT molecular complexity index is 464. The standard InChI is InChI=1S/C13H16N2O3/c1-13(2,9-14)15-12(16)8-18-11-7-5-4-6-10(11)17-3/h4-7H,8H2,1-3H3,(H,15,16). The molecule has 0 aromatic heterocycles. The van der Waals surface area contributed by atoms with E-state index in [2.05, 4.69) is 5.32 Å². The summed E-state index contributed by atoms with van der Waals surface area (Å²) in [4.78, 5) is 11.6. The molecule has 0 spiro atoms. The average Bonchev–Trinajstić information content (AvgIpc) is 2.36. The molecule has 1 amide bonds. The highest BCUT2D eigenvalue weighted by molar-refractivity contribution is 5.78. The highest BCUT2D eigenvalue weighted by atomic mass is 16.5. The molecular formula is C13H16N2O3. The van der Waals surface area contributed by atoms with Crippen LogP contribution in [0.1, 0.15) is 13.8 Å². The second kappa shape index (κ2) is 5.92. The zero-order valence-corrected chi connectivity index (χ0v) is 10.7. The summed E-state index contributed by atoms with van der Waals surface area (Å²) in [6.07, 6.45) is 0. The number of amides is 1. The molecule has 0 radical (unpaired) electrons. The van der Waals surface area contributed by atoms with Crippen molar-refractivity contribution >= 4 is 5.91 Å². The second-order valence-corrected chi connectivity index (χ2v) is 4.22. The maximum Gasteiger partial charge on any atom is 0.259 e. The topological polar surface area (TPSA) is 71.3 Å². The van der Waals surface area contributed by atoms with E-state index < -0.39 is 5.54 Å². The van der Waals surface area contributed by atoms with Gasteiger partial charge in [-0.25, -0.2) is 0 Å². The van der Waals surface area contributed by atoms with Crippen LogP contribution in [0.2, 0.25) is 0 Å². The predicted molar refractivity (Wildman–Crippen MR) is 66.3 cm³/mol. The number of rotatable bonds is 5. The lowest BCUT2D eigenvalue weighted by Gasteiger charge is -2.17. The molecule has 0 fully saturated rings. The maximum absolute atomic E-state index is 11.6. The highest BCUT2D eigenvalue weighted by Crippen LogP contribution is 2.25. The quantitative estimate of drug-likeness (QED) is 0.857. The summed E-state index contributed by atoms with van der Waals surface area (Å²) in [6.45, 7) is 3.08. The molecule has 1 aromatic carbocycles. The number of carbonyl (C=O) groups excluding carboxylic acids is 1. The molecule has 0 aliphatic carbocycles. The van der Waals surface area contributed by atoms with E-state index in [9.17, 15) is 4.79 Å². The molecule has 0 heterocycles. The van der Waals surface area contributed by atoms with Crippen molar-refractivity contribution in [1.82, 2.24) is 5.32 Å². The van der Waals surface area contributed by atoms with E-state index in [1.807, 2.05) is 12.1 Å². The summed E-state index contributed by atoms with van der Waals surface area (Å²) in [7, 11) is 1.53. The van der Waals surface area contributed by atoms with Crippen LogP contribution in [0.5, 0.6) is 11.5 Å². The number of nitriles is 1. The minimum atomic E-state index is -0.902. The maximum atomic E-state index is 11.6. The van der Waals surface area contributed by atoms with Crippen LogP contribution in [0.25, 0.3) is 0 Å². The van der Waals surface area contributed by atoms with Gasteiger partial charge in [-0.1, -0.05) is 12.1 Å². The fourth-order valence-corrected chi connectivity index (χ4v) is 1.29. The van der Waals surface area contributed by atoms with Crippen molar-refractivity contribution in [3.63, 3.8) is 0 Å². The number of benzene rings is 1. The lowest BCUT2D eigenvalue weighted by Crippen LogP contribution is -2.44. The first-order chi connectivity index (χ1) is 8.48. The first-order valence-corrected chi connectivity index (χ1v) is 5.46. The smallest absolute Gasteiger partial charge is 0.259 e. The van der Waals surface area contributed by atoms with Crippen molar-refractivity contribution in [2.45, 2.75) is 19.4 Å². The molecule has 0 aliphatic heterocycles. The second-order valence-electron chi connectivity index (χ2n) is 4.22. The molecule has 0 bridgehead atoms. The Kier molecular flexibility index (Phi) is 4.55. The SMILES string of the molecule is COc1ccccc1OCC(=O)NC(C)(C)C#N. The molecule has 96 valence electrons. The van der Waals surface area contributed by atoms with E-state index in [0.717, 1.165) is 0 Å². The van der Waals surface area contributed by atoms with E-state index in [-0.39, 0.29) is 12.5 Å². The molecule has 1 N–H and O–H groups in total. The van der Waals surface area contributed by atoms with Gasteiger partial charge in [-0.05, 0) is 26.0 Å². The lowest BCUT2D eigenvalue weighted by atomic mass is 10.1. The summed E-state index contributed by atoms with van der Waals surface area (Å²) < 4.78 is 10.4. The Morgan fingerprint density at radius 1 is 1.39 bits per heavy atom. The van der Waals surface area contributed by atoms with Gasteiger partial charge in [-0.3, -0.25) is 4.79 Å². The molecule has 0 unspecified atom stereocenters. The van der Waals surface area contributed by atoms with Crippen LogP contribution in [-0.2, 0) is 4.79 Å². The summed E-state index contributed by atoms with van der Waals surface area (Å²) in [5, 5.41) is 11.3. The normalized spacial score (nSPS) is 10.3. The molecule has 18 heavy (non-hydrogen) atoms. The molecule has 1 aromatic rings. The Hall–Kier alpha value is -2.22. The molecular weight excluding hydrogens is 232 g/mol. The highest BCUT2D eigenvalue weighted by Gasteiger charge is 2.19. The van der Waals surface area contributed by atoms with E-state index in [1.54, 1.807) is 32.0 Å². The number of carbonyl (C=O) groups is 1. The number of para-hydroxylation sites is 2. The van der Waals surface area contributed by atoms with E-state index >= 15 is 0 Å². The molecule has 0 saturated carbocycles. The molecule has 5 nitrogen and oxygen atoms in total. The molecule has 1 rings (SSSR count). The summed E-state index contributed by atoms with van der Waals surface area (Å²) >= 11 is 0. The lowest BCUT2D eigenvalue weighted by molar-refractivity contribution is -0.124. The number of nitrogens with zero attached hydrogens (tertiary/aromatic N) is 1. The van der Waals surface area contributed by atoms with Gasteiger partial charge in [0.15, 0.2) is 18.1 Å². The van der Waals surface area contributed by atoms with Crippen molar-refractivity contribution in [2.24, 2.45) is 0 Å². The van der Waals surface area contributed by atoms with Gasteiger partial charge in [-0.2, -0.15) is 5.26 Å². The van der Waals surface area contributed by atoms with Crippen LogP contribution in [-0.4, -0.2) is 25.2 Å². The van der Waals surface area contributed by atoms with Crippen LogP contribution in [0.15, 0.2) is 24.3 Å². The number of nitrogens with one attached hydrogen (secondary N) is 1. The van der Waals surface area contributed by atoms with E-state index in [4.69, 9.17) is 14.7 Å². The van der Waals surface area contributed by atoms with Crippen LogP contribution in [0, 0.1) is 11.3 Å². The Morgan fingerprint density at radius 3 is 2.56 bits per heavy atom. The molecule has 0 atom stereocenters. The predicted octanol–water partition coefficient (Wildman–Crippen LogP) is 1.49. The van der Waals surface area contributed by atoms with E-state index in [1.165, 1.54) is 7.11 Å². The molecule has 0 aliphatic rings. The van der Waals surface area contributed by atoms with Gasteiger partial charge in [-0.15, -0.1) is 0 Å². The summed E-state index contributed by atoms with van der Waals surface area (Å²) in [5.74, 6) is 0.696. The Balaban J connectivity index is 2.56. The van der Waals surface area contributed by atoms with Crippen molar-refractivity contribution in [1.29, 1.82) is 5.26 Å². The fraction of sp³-hybridized carbons (Fsp3) is 0.385. The van der Waals surface area contributed by atoms with Gasteiger partial charge in [0, 0.05) is 0 Å². The summed E-state index contributed by atoms with van der Waals surface area (Å²) in [5.41, 5.74) is -0.902. The number of ether oxygens (including phenoxy) is 2. The minimum absolute atomic E-state index is 0.161. The van der Waals surface area contributed by atoms with Crippen LogP contribution in [0.4, 0.5) is 0 Å². The molecule has 0 saturated heterocycles. The minimum Gasteiger partial charge on any atom is -0.493 e. The third-order valence-electron chi connectivity index (χ3n) is 2.16. The third kappa shape index (κ3) is 3.98. The summed E-state index contributed by atoms with van der Waals surface area (Å²) in [6, 6.07) is 9.03. The van der Waals surface area contributed by atoms with Gasteiger partial charge in [0.1, 0.15) is 5.54 Å². The van der Waals surface area contributed by atoms with Crippen LogP contribution >= 0.6 is 0 Å². The average molecular weight is 248 g/mol. The Labute approximate surface area is 106 Å². The third-order valence-corrected chi connectivity index (χ3v) is 2.16. The van der Waals surface area contributed by atoms with Gasteiger partial charge >= 0.3 is 0 Å². The van der Waals surface area contributed by atoms with Crippen LogP contribution < -0.4 is 14.8 Å². The first kappa shape index (κ1) is 13.8. The zero-order valence-electron chi connectivity index (χ0n) is 10.7.